The second-order valence-electron chi connectivity index (χ2n) is 8.32. The fourth-order valence-electron chi connectivity index (χ4n) is 4.08. The molecule has 1 fully saturated rings. The van der Waals surface area contributed by atoms with E-state index in [0.29, 0.717) is 18.2 Å². The van der Waals surface area contributed by atoms with Crippen LogP contribution in [-0.2, 0) is 0 Å². The van der Waals surface area contributed by atoms with E-state index in [1.165, 1.54) is 21.7 Å². The number of piperidine rings is 1. The molecule has 0 radical (unpaired) electrons. The highest BCUT2D eigenvalue weighted by molar-refractivity contribution is 7.10. The predicted molar refractivity (Wildman–Crippen MR) is 124 cm³/mol. The van der Waals surface area contributed by atoms with Gasteiger partial charge in [-0.1, -0.05) is 25.1 Å². The molecule has 8 heteroatoms. The Balaban J connectivity index is 1.56. The third kappa shape index (κ3) is 4.81. The van der Waals surface area contributed by atoms with Crippen molar-refractivity contribution in [1.82, 2.24) is 20.0 Å². The number of likely N-dealkylation sites (tertiary alicyclic amines) is 1. The molecular formula is C24H27FN4O2S. The van der Waals surface area contributed by atoms with Gasteiger partial charge in [0, 0.05) is 23.2 Å². The highest BCUT2D eigenvalue weighted by atomic mass is 32.1. The van der Waals surface area contributed by atoms with Crippen molar-refractivity contribution in [2.75, 3.05) is 19.6 Å². The van der Waals surface area contributed by atoms with E-state index in [1.54, 1.807) is 36.5 Å². The first kappa shape index (κ1) is 22.4. The summed E-state index contributed by atoms with van der Waals surface area (Å²) in [5.41, 5.74) is -0.0726. The normalized spacial score (nSPS) is 16.1. The summed E-state index contributed by atoms with van der Waals surface area (Å²) in [6.07, 6.45) is 2.26. The Hall–Kier alpha value is -2.84. The topological polar surface area (TPSA) is 67.2 Å². The van der Waals surface area contributed by atoms with Gasteiger partial charge in [0.15, 0.2) is 5.69 Å². The number of aryl methyl sites for hydroxylation is 1. The van der Waals surface area contributed by atoms with Crippen molar-refractivity contribution in [2.45, 2.75) is 32.7 Å². The van der Waals surface area contributed by atoms with Crippen molar-refractivity contribution in [3.63, 3.8) is 0 Å². The van der Waals surface area contributed by atoms with Crippen LogP contribution in [0, 0.1) is 18.7 Å². The number of hydrogen-bond donors (Lipinski definition) is 1. The zero-order valence-electron chi connectivity index (χ0n) is 18.3. The van der Waals surface area contributed by atoms with Gasteiger partial charge >= 0.3 is 0 Å². The van der Waals surface area contributed by atoms with E-state index in [2.05, 4.69) is 28.3 Å². The first-order valence-electron chi connectivity index (χ1n) is 10.9. The number of carbonyl (C=O) groups excluding carboxylic acids is 1. The van der Waals surface area contributed by atoms with Crippen LogP contribution in [0.3, 0.4) is 0 Å². The quantitative estimate of drug-likeness (QED) is 0.613. The molecule has 1 unspecified atom stereocenters. The number of nitrogens with zero attached hydrogens (tertiary/aromatic N) is 3. The summed E-state index contributed by atoms with van der Waals surface area (Å²) in [4.78, 5) is 29.1. The van der Waals surface area contributed by atoms with Crippen molar-refractivity contribution in [3.05, 3.63) is 80.2 Å². The molecular weight excluding hydrogens is 427 g/mol. The van der Waals surface area contributed by atoms with E-state index in [9.17, 15) is 14.0 Å². The van der Waals surface area contributed by atoms with E-state index in [4.69, 9.17) is 0 Å². The Bertz CT molecular complexity index is 1140. The molecule has 32 heavy (non-hydrogen) atoms. The molecule has 0 spiro atoms. The number of benzene rings is 1. The Morgan fingerprint density at radius 2 is 2.00 bits per heavy atom. The Morgan fingerprint density at radius 1 is 1.25 bits per heavy atom. The predicted octanol–water partition coefficient (Wildman–Crippen LogP) is 3.94. The van der Waals surface area contributed by atoms with Crippen molar-refractivity contribution >= 4 is 17.2 Å². The van der Waals surface area contributed by atoms with Crippen LogP contribution in [0.25, 0.3) is 5.69 Å². The average molecular weight is 455 g/mol. The molecule has 168 valence electrons. The van der Waals surface area contributed by atoms with E-state index in [1.807, 2.05) is 11.4 Å². The zero-order valence-corrected chi connectivity index (χ0v) is 19.1. The van der Waals surface area contributed by atoms with Gasteiger partial charge in [0.25, 0.3) is 5.91 Å². The second-order valence-corrected chi connectivity index (χ2v) is 9.30. The fourth-order valence-corrected chi connectivity index (χ4v) is 4.94. The summed E-state index contributed by atoms with van der Waals surface area (Å²) in [6.45, 7) is 6.25. The lowest BCUT2D eigenvalue weighted by Crippen LogP contribution is -2.42. The first-order chi connectivity index (χ1) is 15.4. The third-order valence-electron chi connectivity index (χ3n) is 5.99. The summed E-state index contributed by atoms with van der Waals surface area (Å²) in [5, 5.41) is 9.15. The van der Waals surface area contributed by atoms with Crippen LogP contribution in [0.2, 0.25) is 0 Å². The van der Waals surface area contributed by atoms with Gasteiger partial charge in [-0.2, -0.15) is 5.10 Å². The summed E-state index contributed by atoms with van der Waals surface area (Å²) >= 11 is 1.66. The number of thiophene rings is 1. The number of para-hydroxylation sites is 1. The SMILES string of the molecule is Cc1cc(=O)c(C(=O)NCC(c2cccs2)N2CCC(C)CC2)nn1-c1ccccc1F. The van der Waals surface area contributed by atoms with Crippen LogP contribution >= 0.6 is 11.3 Å². The maximum absolute atomic E-state index is 14.3. The van der Waals surface area contributed by atoms with E-state index >= 15 is 0 Å². The number of amides is 1. The molecule has 2 aromatic heterocycles. The Labute approximate surface area is 190 Å². The molecule has 0 aliphatic carbocycles. The number of nitrogens with one attached hydrogen (secondary N) is 1. The van der Waals surface area contributed by atoms with Gasteiger partial charge in [-0.05, 0) is 62.4 Å². The molecule has 4 rings (SSSR count). The van der Waals surface area contributed by atoms with Gasteiger partial charge in [-0.25, -0.2) is 9.07 Å². The van der Waals surface area contributed by atoms with Gasteiger partial charge in [-0.15, -0.1) is 11.3 Å². The molecule has 1 aromatic carbocycles. The molecule has 6 nitrogen and oxygen atoms in total. The van der Waals surface area contributed by atoms with Crippen LogP contribution in [0.15, 0.2) is 52.6 Å². The van der Waals surface area contributed by atoms with Crippen molar-refractivity contribution in [3.8, 4) is 5.69 Å². The molecule has 1 N–H and O–H groups in total. The number of carbonyl (C=O) groups is 1. The minimum Gasteiger partial charge on any atom is -0.349 e. The molecule has 3 aromatic rings. The zero-order chi connectivity index (χ0) is 22.7. The minimum atomic E-state index is -0.549. The fraction of sp³-hybridized carbons (Fsp3) is 0.375. The molecule has 1 atom stereocenters. The Kier molecular flexibility index (Phi) is 6.81. The van der Waals surface area contributed by atoms with Crippen LogP contribution in [0.4, 0.5) is 4.39 Å². The molecule has 1 aliphatic rings. The van der Waals surface area contributed by atoms with Gasteiger partial charge in [0.05, 0.1) is 6.04 Å². The van der Waals surface area contributed by atoms with E-state index in [-0.39, 0.29) is 17.4 Å². The van der Waals surface area contributed by atoms with Crippen LogP contribution in [-0.4, -0.2) is 40.2 Å². The first-order valence-corrected chi connectivity index (χ1v) is 11.7. The summed E-state index contributed by atoms with van der Waals surface area (Å²) in [6, 6.07) is 11.6. The molecule has 1 aliphatic heterocycles. The second kappa shape index (κ2) is 9.75. The number of halogens is 1. The lowest BCUT2D eigenvalue weighted by molar-refractivity contribution is 0.0907. The van der Waals surface area contributed by atoms with Crippen LogP contribution in [0.1, 0.15) is 46.9 Å². The minimum absolute atomic E-state index is 0.0469. The summed E-state index contributed by atoms with van der Waals surface area (Å²) in [5.74, 6) is -0.319. The van der Waals surface area contributed by atoms with Crippen molar-refractivity contribution < 1.29 is 9.18 Å². The number of rotatable bonds is 6. The van der Waals surface area contributed by atoms with E-state index in [0.717, 1.165) is 25.9 Å². The van der Waals surface area contributed by atoms with Crippen molar-refractivity contribution in [1.29, 1.82) is 0 Å². The largest absolute Gasteiger partial charge is 0.349 e. The highest BCUT2D eigenvalue weighted by Gasteiger charge is 2.26. The highest BCUT2D eigenvalue weighted by Crippen LogP contribution is 2.29. The van der Waals surface area contributed by atoms with Crippen LogP contribution in [0.5, 0.6) is 0 Å². The maximum Gasteiger partial charge on any atom is 0.275 e. The lowest BCUT2D eigenvalue weighted by Gasteiger charge is -2.36. The maximum atomic E-state index is 14.3. The molecule has 1 saturated heterocycles. The van der Waals surface area contributed by atoms with Crippen LogP contribution < -0.4 is 10.7 Å². The van der Waals surface area contributed by atoms with Gasteiger partial charge < -0.3 is 5.32 Å². The summed E-state index contributed by atoms with van der Waals surface area (Å²) < 4.78 is 15.6. The smallest absolute Gasteiger partial charge is 0.275 e. The molecule has 0 saturated carbocycles. The van der Waals surface area contributed by atoms with Gasteiger partial charge in [0.1, 0.15) is 11.5 Å². The monoisotopic (exact) mass is 454 g/mol. The number of hydrogen-bond acceptors (Lipinski definition) is 5. The Morgan fingerprint density at radius 3 is 2.69 bits per heavy atom. The molecule has 0 bridgehead atoms. The number of aromatic nitrogens is 2. The molecule has 3 heterocycles. The third-order valence-corrected chi connectivity index (χ3v) is 6.96. The summed E-state index contributed by atoms with van der Waals surface area (Å²) in [7, 11) is 0. The lowest BCUT2D eigenvalue weighted by atomic mass is 9.97. The van der Waals surface area contributed by atoms with E-state index < -0.39 is 17.2 Å². The van der Waals surface area contributed by atoms with Gasteiger partial charge in [0.2, 0.25) is 5.43 Å². The average Bonchev–Trinajstić information content (AvgIpc) is 3.30. The standard InChI is InChI=1S/C24H27FN4O2S/c1-16-9-11-28(12-10-16)20(22-8-5-13-32-22)15-26-24(31)23-21(30)14-17(2)29(27-23)19-7-4-3-6-18(19)25/h3-8,13-14,16,20H,9-12,15H2,1-2H3,(H,26,31). The van der Waals surface area contributed by atoms with Gasteiger partial charge in [-0.3, -0.25) is 14.5 Å². The van der Waals surface area contributed by atoms with Crippen molar-refractivity contribution in [2.24, 2.45) is 5.92 Å². The molecule has 1 amide bonds.